The Bertz CT molecular complexity index is 429. The lowest BCUT2D eigenvalue weighted by molar-refractivity contribution is 0.291. The number of aliphatic imine (C=N–C) groups is 2. The van der Waals surface area contributed by atoms with E-state index >= 15 is 0 Å². The molecule has 4 N–H and O–H groups in total. The minimum absolute atomic E-state index is 0.0673. The molecule has 1 aromatic rings. The van der Waals surface area contributed by atoms with E-state index in [0.29, 0.717) is 37.1 Å². The smallest absolute Gasteiger partial charge is 0.167 e. The van der Waals surface area contributed by atoms with Crippen molar-refractivity contribution in [3.63, 3.8) is 0 Å². The van der Waals surface area contributed by atoms with Gasteiger partial charge in [-0.15, -0.1) is 0 Å². The second-order valence-corrected chi connectivity index (χ2v) is 4.17. The highest BCUT2D eigenvalue weighted by Crippen LogP contribution is 2.30. The van der Waals surface area contributed by atoms with Crippen LogP contribution < -0.4 is 0 Å². The van der Waals surface area contributed by atoms with Crippen LogP contribution >= 0.6 is 0 Å². The van der Waals surface area contributed by atoms with Gasteiger partial charge < -0.3 is 20.4 Å². The molecule has 6 nitrogen and oxygen atoms in total. The van der Waals surface area contributed by atoms with Crippen molar-refractivity contribution in [3.05, 3.63) is 23.3 Å². The summed E-state index contributed by atoms with van der Waals surface area (Å²) in [5, 5.41) is 36.9. The molecule has 0 atom stereocenters. The van der Waals surface area contributed by atoms with E-state index in [0.717, 1.165) is 0 Å². The normalized spacial score (nSPS) is 11.7. The van der Waals surface area contributed by atoms with Gasteiger partial charge in [-0.25, -0.2) is 0 Å². The van der Waals surface area contributed by atoms with Crippen LogP contribution in [0, 0.1) is 0 Å². The number of phenolic OH excluding ortho intramolecular Hbond substituents is 2. The number of aliphatic hydroxyl groups is 2. The Morgan fingerprint density at radius 1 is 0.800 bits per heavy atom. The van der Waals surface area contributed by atoms with Gasteiger partial charge in [0, 0.05) is 49.9 Å². The molecule has 0 radical (unpaired) electrons. The first-order valence-electron chi connectivity index (χ1n) is 6.47. The van der Waals surface area contributed by atoms with Gasteiger partial charge in [-0.1, -0.05) is 0 Å². The fourth-order valence-corrected chi connectivity index (χ4v) is 1.47. The van der Waals surface area contributed by atoms with Crippen LogP contribution in [0.4, 0.5) is 0 Å². The van der Waals surface area contributed by atoms with E-state index in [4.69, 9.17) is 10.2 Å². The summed E-state index contributed by atoms with van der Waals surface area (Å²) < 4.78 is 0. The predicted molar refractivity (Wildman–Crippen MR) is 78.1 cm³/mol. The predicted octanol–water partition coefficient (Wildman–Crippen LogP) is 0.700. The van der Waals surface area contributed by atoms with Crippen LogP contribution in [0.1, 0.15) is 24.0 Å². The molecule has 0 saturated heterocycles. The SMILES string of the molecule is OCCCN=Cc1ccc(C=NCCCO)c(O)c1O. The fraction of sp³-hybridized carbons (Fsp3) is 0.429. The van der Waals surface area contributed by atoms with E-state index in [1.54, 1.807) is 12.1 Å². The third kappa shape index (κ3) is 4.99. The first-order chi connectivity index (χ1) is 9.70. The third-order valence-electron chi connectivity index (χ3n) is 2.57. The molecule has 1 aromatic carbocycles. The maximum absolute atomic E-state index is 9.85. The summed E-state index contributed by atoms with van der Waals surface area (Å²) in [5.41, 5.74) is 0.820. The molecule has 0 aliphatic carbocycles. The summed E-state index contributed by atoms with van der Waals surface area (Å²) in [6.45, 7) is 1.05. The number of hydrogen-bond donors (Lipinski definition) is 4. The number of nitrogens with zero attached hydrogens (tertiary/aromatic N) is 2. The monoisotopic (exact) mass is 280 g/mol. The maximum Gasteiger partial charge on any atom is 0.167 e. The van der Waals surface area contributed by atoms with Crippen molar-refractivity contribution in [2.45, 2.75) is 12.8 Å². The Hall–Kier alpha value is -1.92. The van der Waals surface area contributed by atoms with Crippen LogP contribution in [0.2, 0.25) is 0 Å². The van der Waals surface area contributed by atoms with Crippen LogP contribution in [0.3, 0.4) is 0 Å². The van der Waals surface area contributed by atoms with Crippen molar-refractivity contribution in [2.75, 3.05) is 26.3 Å². The number of aliphatic hydroxyl groups excluding tert-OH is 2. The minimum Gasteiger partial charge on any atom is -0.504 e. The van der Waals surface area contributed by atoms with Crippen LogP contribution in [-0.2, 0) is 0 Å². The summed E-state index contributed by atoms with van der Waals surface area (Å²) in [6.07, 6.45) is 4.02. The summed E-state index contributed by atoms with van der Waals surface area (Å²) in [7, 11) is 0. The maximum atomic E-state index is 9.85. The van der Waals surface area contributed by atoms with Gasteiger partial charge in [-0.2, -0.15) is 0 Å². The molecule has 6 heteroatoms. The number of aromatic hydroxyl groups is 2. The van der Waals surface area contributed by atoms with Gasteiger partial charge in [0.05, 0.1) is 0 Å². The molecular formula is C14H20N2O4. The van der Waals surface area contributed by atoms with Crippen molar-refractivity contribution in [1.29, 1.82) is 0 Å². The average molecular weight is 280 g/mol. The first-order valence-corrected chi connectivity index (χ1v) is 6.47. The van der Waals surface area contributed by atoms with E-state index < -0.39 is 0 Å². The fourth-order valence-electron chi connectivity index (χ4n) is 1.47. The molecule has 0 heterocycles. The largest absolute Gasteiger partial charge is 0.504 e. The van der Waals surface area contributed by atoms with Crippen LogP contribution in [-0.4, -0.2) is 59.2 Å². The van der Waals surface area contributed by atoms with Crippen molar-refractivity contribution >= 4 is 12.4 Å². The van der Waals surface area contributed by atoms with Crippen LogP contribution in [0.5, 0.6) is 11.5 Å². The minimum atomic E-state index is -0.246. The van der Waals surface area contributed by atoms with Crippen molar-refractivity contribution in [1.82, 2.24) is 0 Å². The van der Waals surface area contributed by atoms with Gasteiger partial charge in [0.1, 0.15) is 0 Å². The number of hydrogen-bond acceptors (Lipinski definition) is 6. The molecule has 0 aliphatic heterocycles. The lowest BCUT2D eigenvalue weighted by Crippen LogP contribution is -1.92. The lowest BCUT2D eigenvalue weighted by atomic mass is 10.1. The lowest BCUT2D eigenvalue weighted by Gasteiger charge is -2.05. The second-order valence-electron chi connectivity index (χ2n) is 4.17. The highest BCUT2D eigenvalue weighted by Gasteiger charge is 2.08. The highest BCUT2D eigenvalue weighted by atomic mass is 16.3. The van der Waals surface area contributed by atoms with Crippen LogP contribution in [0.15, 0.2) is 22.1 Å². The van der Waals surface area contributed by atoms with Gasteiger partial charge in [0.15, 0.2) is 11.5 Å². The molecule has 110 valence electrons. The molecule has 0 unspecified atom stereocenters. The molecule has 0 bridgehead atoms. The Labute approximate surface area is 117 Å². The van der Waals surface area contributed by atoms with Gasteiger partial charge >= 0.3 is 0 Å². The van der Waals surface area contributed by atoms with E-state index in [9.17, 15) is 10.2 Å². The third-order valence-corrected chi connectivity index (χ3v) is 2.57. The topological polar surface area (TPSA) is 106 Å². The average Bonchev–Trinajstić information content (AvgIpc) is 2.46. The van der Waals surface area contributed by atoms with E-state index in [2.05, 4.69) is 9.98 Å². The van der Waals surface area contributed by atoms with Gasteiger partial charge in [-0.3, -0.25) is 9.98 Å². The van der Waals surface area contributed by atoms with E-state index in [-0.39, 0.29) is 24.7 Å². The zero-order valence-corrected chi connectivity index (χ0v) is 11.2. The first kappa shape index (κ1) is 16.1. The second kappa shape index (κ2) is 9.06. The summed E-state index contributed by atoms with van der Waals surface area (Å²) >= 11 is 0. The molecule has 0 amide bonds. The standard InChI is InChI=1S/C14H20N2O4/c17-7-1-5-15-9-11-3-4-12(14(20)13(11)19)10-16-6-2-8-18/h3-4,9-10,17-20H,1-2,5-8H2. The van der Waals surface area contributed by atoms with Crippen molar-refractivity contribution < 1.29 is 20.4 Å². The number of benzene rings is 1. The zero-order chi connectivity index (χ0) is 14.8. The summed E-state index contributed by atoms with van der Waals surface area (Å²) in [5.74, 6) is -0.493. The molecule has 0 saturated carbocycles. The van der Waals surface area contributed by atoms with Crippen molar-refractivity contribution in [3.8, 4) is 11.5 Å². The van der Waals surface area contributed by atoms with Crippen molar-refractivity contribution in [2.24, 2.45) is 9.98 Å². The Morgan fingerprint density at radius 3 is 1.55 bits per heavy atom. The van der Waals surface area contributed by atoms with Gasteiger partial charge in [0.25, 0.3) is 0 Å². The summed E-state index contributed by atoms with van der Waals surface area (Å²) in [6, 6.07) is 3.26. The summed E-state index contributed by atoms with van der Waals surface area (Å²) in [4.78, 5) is 8.06. The van der Waals surface area contributed by atoms with Gasteiger partial charge in [0.2, 0.25) is 0 Å². The van der Waals surface area contributed by atoms with E-state index in [1.165, 1.54) is 12.4 Å². The Morgan fingerprint density at radius 2 is 1.20 bits per heavy atom. The molecule has 0 fully saturated rings. The molecule has 0 aliphatic rings. The van der Waals surface area contributed by atoms with Gasteiger partial charge in [-0.05, 0) is 25.0 Å². The molecule has 1 rings (SSSR count). The Balaban J connectivity index is 2.76. The molecule has 0 spiro atoms. The van der Waals surface area contributed by atoms with Crippen LogP contribution in [0.25, 0.3) is 0 Å². The molecule has 0 aromatic heterocycles. The molecule has 20 heavy (non-hydrogen) atoms. The number of phenols is 2. The molecular weight excluding hydrogens is 260 g/mol. The van der Waals surface area contributed by atoms with E-state index in [1.807, 2.05) is 0 Å². The number of rotatable bonds is 8. The highest BCUT2D eigenvalue weighted by molar-refractivity contribution is 5.91. The Kier molecular flexibility index (Phi) is 7.31. The zero-order valence-electron chi connectivity index (χ0n) is 11.2. The quantitative estimate of drug-likeness (QED) is 0.319.